The molecule has 3 rings (SSSR count). The summed E-state index contributed by atoms with van der Waals surface area (Å²) < 4.78 is 0. The number of benzene rings is 1. The monoisotopic (exact) mass is 340 g/mol. The Morgan fingerprint density at radius 1 is 1.09 bits per heavy atom. The van der Waals surface area contributed by atoms with Crippen LogP contribution in [0, 0.1) is 0 Å². The van der Waals surface area contributed by atoms with Crippen LogP contribution in [0.2, 0.25) is 0 Å². The Kier molecular flexibility index (Phi) is 5.29. The predicted molar refractivity (Wildman–Crippen MR) is 99.7 cm³/mol. The van der Waals surface area contributed by atoms with E-state index in [2.05, 4.69) is 32.7 Å². The highest BCUT2D eigenvalue weighted by Gasteiger charge is 2.04. The highest BCUT2D eigenvalue weighted by molar-refractivity contribution is 7.80. The van der Waals surface area contributed by atoms with Crippen molar-refractivity contribution in [2.24, 2.45) is 0 Å². The van der Waals surface area contributed by atoms with Gasteiger partial charge in [-0.25, -0.2) is 9.97 Å². The maximum atomic E-state index is 5.30. The molecule has 0 radical (unpaired) electrons. The van der Waals surface area contributed by atoms with E-state index >= 15 is 0 Å². The molecule has 0 aliphatic rings. The SMILES string of the molecule is S=C(NCCc1ccccc1)Nc1nccc(-c2cccs2)n1. The van der Waals surface area contributed by atoms with Gasteiger partial charge in [0.1, 0.15) is 0 Å². The van der Waals surface area contributed by atoms with E-state index in [0.717, 1.165) is 23.5 Å². The average Bonchev–Trinajstić information content (AvgIpc) is 3.11. The number of nitrogens with one attached hydrogen (secondary N) is 2. The van der Waals surface area contributed by atoms with Crippen LogP contribution in [0.25, 0.3) is 10.6 Å². The number of thiocarbonyl (C=S) groups is 1. The predicted octanol–water partition coefficient (Wildman–Crippen LogP) is 3.73. The lowest BCUT2D eigenvalue weighted by molar-refractivity contribution is 0.872. The van der Waals surface area contributed by atoms with Crippen molar-refractivity contribution in [3.8, 4) is 10.6 Å². The van der Waals surface area contributed by atoms with Crippen molar-refractivity contribution in [3.05, 3.63) is 65.7 Å². The van der Waals surface area contributed by atoms with Crippen molar-refractivity contribution in [1.82, 2.24) is 15.3 Å². The van der Waals surface area contributed by atoms with Crippen molar-refractivity contribution in [2.75, 3.05) is 11.9 Å². The topological polar surface area (TPSA) is 49.8 Å². The van der Waals surface area contributed by atoms with Crippen LogP contribution in [0.1, 0.15) is 5.56 Å². The van der Waals surface area contributed by atoms with Gasteiger partial charge in [-0.05, 0) is 41.7 Å². The second kappa shape index (κ2) is 7.80. The molecule has 0 unspecified atom stereocenters. The zero-order chi connectivity index (χ0) is 15.9. The Balaban J connectivity index is 1.53. The van der Waals surface area contributed by atoms with E-state index in [1.807, 2.05) is 41.8 Å². The van der Waals surface area contributed by atoms with Crippen molar-refractivity contribution in [1.29, 1.82) is 0 Å². The molecule has 3 aromatic rings. The molecule has 2 aromatic heterocycles. The molecular formula is C17H16N4S2. The van der Waals surface area contributed by atoms with E-state index in [4.69, 9.17) is 12.2 Å². The minimum atomic E-state index is 0.508. The summed E-state index contributed by atoms with van der Waals surface area (Å²) in [6, 6.07) is 16.2. The number of hydrogen-bond donors (Lipinski definition) is 2. The minimum Gasteiger partial charge on any atom is -0.362 e. The quantitative estimate of drug-likeness (QED) is 0.693. The lowest BCUT2D eigenvalue weighted by Gasteiger charge is -2.09. The Morgan fingerprint density at radius 3 is 2.74 bits per heavy atom. The largest absolute Gasteiger partial charge is 0.362 e. The highest BCUT2D eigenvalue weighted by Crippen LogP contribution is 2.22. The van der Waals surface area contributed by atoms with Crippen LogP contribution in [0.4, 0.5) is 5.95 Å². The van der Waals surface area contributed by atoms with E-state index in [-0.39, 0.29) is 0 Å². The van der Waals surface area contributed by atoms with E-state index < -0.39 is 0 Å². The van der Waals surface area contributed by atoms with Gasteiger partial charge in [0.2, 0.25) is 5.95 Å². The van der Waals surface area contributed by atoms with Gasteiger partial charge in [0.25, 0.3) is 0 Å². The molecule has 0 saturated carbocycles. The molecule has 23 heavy (non-hydrogen) atoms. The summed E-state index contributed by atoms with van der Waals surface area (Å²) in [6.07, 6.45) is 2.65. The zero-order valence-electron chi connectivity index (χ0n) is 12.4. The van der Waals surface area contributed by atoms with Crippen LogP contribution in [-0.2, 0) is 6.42 Å². The third-order valence-corrected chi connectivity index (χ3v) is 4.34. The molecule has 2 N–H and O–H groups in total. The molecular weight excluding hydrogens is 324 g/mol. The number of nitrogens with zero attached hydrogens (tertiary/aromatic N) is 2. The van der Waals surface area contributed by atoms with E-state index in [1.165, 1.54) is 5.56 Å². The number of anilines is 1. The van der Waals surface area contributed by atoms with Gasteiger partial charge in [0.15, 0.2) is 5.11 Å². The van der Waals surface area contributed by atoms with Crippen LogP contribution in [0.15, 0.2) is 60.1 Å². The Hall–Kier alpha value is -2.31. The first-order chi connectivity index (χ1) is 11.3. The minimum absolute atomic E-state index is 0.508. The van der Waals surface area contributed by atoms with E-state index in [9.17, 15) is 0 Å². The molecule has 4 nitrogen and oxygen atoms in total. The molecule has 0 fully saturated rings. The number of hydrogen-bond acceptors (Lipinski definition) is 4. The third kappa shape index (κ3) is 4.58. The van der Waals surface area contributed by atoms with Gasteiger partial charge in [-0.2, -0.15) is 0 Å². The van der Waals surface area contributed by atoms with Crippen molar-refractivity contribution < 1.29 is 0 Å². The van der Waals surface area contributed by atoms with Gasteiger partial charge in [-0.15, -0.1) is 11.3 Å². The second-order valence-electron chi connectivity index (χ2n) is 4.86. The van der Waals surface area contributed by atoms with Crippen LogP contribution in [0.5, 0.6) is 0 Å². The molecule has 0 aliphatic heterocycles. The van der Waals surface area contributed by atoms with Crippen LogP contribution in [0.3, 0.4) is 0 Å². The first-order valence-electron chi connectivity index (χ1n) is 7.27. The van der Waals surface area contributed by atoms with Crippen LogP contribution in [-0.4, -0.2) is 21.6 Å². The van der Waals surface area contributed by atoms with Gasteiger partial charge < -0.3 is 10.6 Å². The fraction of sp³-hybridized carbons (Fsp3) is 0.118. The molecule has 0 atom stereocenters. The molecule has 0 saturated heterocycles. The summed E-state index contributed by atoms with van der Waals surface area (Å²) in [5.74, 6) is 0.508. The van der Waals surface area contributed by atoms with Crippen LogP contribution < -0.4 is 10.6 Å². The molecule has 0 bridgehead atoms. The number of thiophene rings is 1. The fourth-order valence-electron chi connectivity index (χ4n) is 2.09. The summed E-state index contributed by atoms with van der Waals surface area (Å²) in [5.41, 5.74) is 2.17. The van der Waals surface area contributed by atoms with Crippen molar-refractivity contribution in [2.45, 2.75) is 6.42 Å². The fourth-order valence-corrected chi connectivity index (χ4v) is 2.98. The standard InChI is InChI=1S/C17H16N4S2/c22-17(19-10-8-13-5-2-1-3-6-13)21-16-18-11-9-14(20-16)15-7-4-12-23-15/h1-7,9,11-12H,8,10H2,(H2,18,19,20,21,22). The van der Waals surface area contributed by atoms with E-state index in [0.29, 0.717) is 11.1 Å². The molecule has 1 aromatic carbocycles. The Bertz CT molecular complexity index is 757. The van der Waals surface area contributed by atoms with Gasteiger partial charge >= 0.3 is 0 Å². The maximum absolute atomic E-state index is 5.30. The Labute approximate surface area is 144 Å². The molecule has 0 spiro atoms. The summed E-state index contributed by atoms with van der Waals surface area (Å²) in [6.45, 7) is 0.764. The first-order valence-corrected chi connectivity index (χ1v) is 8.56. The number of rotatable bonds is 5. The normalized spacial score (nSPS) is 10.3. The smallest absolute Gasteiger partial charge is 0.229 e. The van der Waals surface area contributed by atoms with Gasteiger partial charge in [0.05, 0.1) is 10.6 Å². The summed E-state index contributed by atoms with van der Waals surface area (Å²) in [4.78, 5) is 9.80. The number of aromatic nitrogens is 2. The molecule has 2 heterocycles. The second-order valence-corrected chi connectivity index (χ2v) is 6.22. The zero-order valence-corrected chi connectivity index (χ0v) is 14.0. The molecule has 116 valence electrons. The maximum Gasteiger partial charge on any atom is 0.229 e. The molecule has 0 aliphatic carbocycles. The summed E-state index contributed by atoms with van der Waals surface area (Å²) >= 11 is 6.94. The summed E-state index contributed by atoms with van der Waals surface area (Å²) in [7, 11) is 0. The highest BCUT2D eigenvalue weighted by atomic mass is 32.1. The average molecular weight is 340 g/mol. The van der Waals surface area contributed by atoms with Crippen LogP contribution >= 0.6 is 23.6 Å². The lowest BCUT2D eigenvalue weighted by Crippen LogP contribution is -2.30. The molecule has 6 heteroatoms. The summed E-state index contributed by atoms with van der Waals surface area (Å²) in [5, 5.41) is 8.77. The molecule has 0 amide bonds. The van der Waals surface area contributed by atoms with Gasteiger partial charge in [-0.3, -0.25) is 0 Å². The van der Waals surface area contributed by atoms with E-state index in [1.54, 1.807) is 17.5 Å². The van der Waals surface area contributed by atoms with Crippen molar-refractivity contribution >= 4 is 34.6 Å². The first kappa shape index (κ1) is 15.6. The van der Waals surface area contributed by atoms with Gasteiger partial charge in [0, 0.05) is 12.7 Å². The Morgan fingerprint density at radius 2 is 1.96 bits per heavy atom. The van der Waals surface area contributed by atoms with Crippen molar-refractivity contribution in [3.63, 3.8) is 0 Å². The lowest BCUT2D eigenvalue weighted by atomic mass is 10.1. The third-order valence-electron chi connectivity index (χ3n) is 3.20. The van der Waals surface area contributed by atoms with Gasteiger partial charge in [-0.1, -0.05) is 36.4 Å².